The van der Waals surface area contributed by atoms with E-state index < -0.39 is 0 Å². The molecule has 0 fully saturated rings. The molecule has 0 aromatic carbocycles. The number of rotatable bonds is 5. The maximum atomic E-state index is 13.2. The van der Waals surface area contributed by atoms with Crippen LogP contribution in [0.25, 0.3) is 0 Å². The Labute approximate surface area is 181 Å². The van der Waals surface area contributed by atoms with Crippen LogP contribution in [0.1, 0.15) is 59.3 Å². The van der Waals surface area contributed by atoms with Crippen LogP contribution in [-0.2, 0) is 19.4 Å². The number of pyridine rings is 1. The Hall–Kier alpha value is -2.73. The number of hydrogen-bond acceptors (Lipinski definition) is 5. The topological polar surface area (TPSA) is 67.5 Å². The second-order valence-electron chi connectivity index (χ2n) is 8.80. The number of hydrogen-bond donors (Lipinski definition) is 1. The van der Waals surface area contributed by atoms with Crippen molar-refractivity contribution in [1.29, 1.82) is 0 Å². The van der Waals surface area contributed by atoms with Crippen LogP contribution in [0, 0.1) is 11.3 Å². The number of furan rings is 1. The van der Waals surface area contributed by atoms with Gasteiger partial charge in [0.05, 0.1) is 18.4 Å². The van der Waals surface area contributed by atoms with Crippen molar-refractivity contribution in [2.75, 3.05) is 0 Å². The second kappa shape index (κ2) is 8.56. The lowest BCUT2D eigenvalue weighted by Crippen LogP contribution is -2.28. The fourth-order valence-corrected chi connectivity index (χ4v) is 5.16. The van der Waals surface area contributed by atoms with E-state index in [1.807, 2.05) is 24.3 Å². The van der Waals surface area contributed by atoms with Crippen molar-refractivity contribution in [3.8, 4) is 0 Å². The van der Waals surface area contributed by atoms with Gasteiger partial charge in [0.2, 0.25) is 0 Å². The summed E-state index contributed by atoms with van der Waals surface area (Å²) in [6.07, 6.45) is 9.92. The summed E-state index contributed by atoms with van der Waals surface area (Å²) in [5.41, 5.74) is 3.05. The SMILES string of the molecule is CC(C)(C)[C@H]1CCc2c(sc(N=Cc3cccnc3)c2C(=O)NCc2ccco2)C1. The Bertz CT molecular complexity index is 1030. The largest absolute Gasteiger partial charge is 0.467 e. The van der Waals surface area contributed by atoms with E-state index in [9.17, 15) is 4.79 Å². The van der Waals surface area contributed by atoms with Gasteiger partial charge in [-0.3, -0.25) is 9.78 Å². The quantitative estimate of drug-likeness (QED) is 0.548. The van der Waals surface area contributed by atoms with Gasteiger partial charge in [-0.1, -0.05) is 26.8 Å². The molecule has 1 N–H and O–H groups in total. The molecule has 5 nitrogen and oxygen atoms in total. The maximum absolute atomic E-state index is 13.2. The molecular formula is C24H27N3O2S. The van der Waals surface area contributed by atoms with Crippen molar-refractivity contribution in [3.63, 3.8) is 0 Å². The minimum absolute atomic E-state index is 0.0866. The van der Waals surface area contributed by atoms with Crippen LogP contribution >= 0.6 is 11.3 Å². The zero-order valence-electron chi connectivity index (χ0n) is 17.6. The monoisotopic (exact) mass is 421 g/mol. The molecule has 0 unspecified atom stereocenters. The molecule has 0 aliphatic heterocycles. The van der Waals surface area contributed by atoms with Gasteiger partial charge in [-0.2, -0.15) is 0 Å². The molecule has 0 bridgehead atoms. The number of aliphatic imine (C=N–C) groups is 1. The fourth-order valence-electron chi connectivity index (χ4n) is 3.89. The highest BCUT2D eigenvalue weighted by molar-refractivity contribution is 7.16. The predicted octanol–water partition coefficient (Wildman–Crippen LogP) is 5.57. The molecule has 0 saturated heterocycles. The Morgan fingerprint density at radius 1 is 1.37 bits per heavy atom. The average molecular weight is 422 g/mol. The number of thiophene rings is 1. The summed E-state index contributed by atoms with van der Waals surface area (Å²) in [6.45, 7) is 7.27. The maximum Gasteiger partial charge on any atom is 0.255 e. The molecule has 4 rings (SSSR count). The first kappa shape index (κ1) is 20.5. The number of aromatic nitrogens is 1. The normalized spacial score (nSPS) is 16.6. The van der Waals surface area contributed by atoms with Crippen molar-refractivity contribution < 1.29 is 9.21 Å². The smallest absolute Gasteiger partial charge is 0.255 e. The molecule has 30 heavy (non-hydrogen) atoms. The van der Waals surface area contributed by atoms with Gasteiger partial charge in [-0.25, -0.2) is 4.99 Å². The molecule has 0 spiro atoms. The highest BCUT2D eigenvalue weighted by atomic mass is 32.1. The molecule has 6 heteroatoms. The summed E-state index contributed by atoms with van der Waals surface area (Å²) in [6, 6.07) is 7.52. The summed E-state index contributed by atoms with van der Waals surface area (Å²) < 4.78 is 5.35. The predicted molar refractivity (Wildman–Crippen MR) is 121 cm³/mol. The van der Waals surface area contributed by atoms with Gasteiger partial charge in [0.1, 0.15) is 10.8 Å². The van der Waals surface area contributed by atoms with E-state index in [4.69, 9.17) is 9.41 Å². The van der Waals surface area contributed by atoms with Crippen molar-refractivity contribution in [3.05, 3.63) is 70.3 Å². The molecule has 156 valence electrons. The number of carbonyl (C=O) groups is 1. The lowest BCUT2D eigenvalue weighted by atomic mass is 9.72. The summed E-state index contributed by atoms with van der Waals surface area (Å²) in [4.78, 5) is 23.3. The zero-order valence-corrected chi connectivity index (χ0v) is 18.5. The standard InChI is InChI=1S/C24H27N3O2S/c1-24(2,3)17-8-9-19-20(12-17)30-23(27-14-16-6-4-10-25-13-16)21(19)22(28)26-15-18-7-5-11-29-18/h4-7,10-11,13-14,17H,8-9,12,15H2,1-3H3,(H,26,28)/t17-/m0/s1. The van der Waals surface area contributed by atoms with Gasteiger partial charge in [0.15, 0.2) is 0 Å². The van der Waals surface area contributed by atoms with Crippen LogP contribution in [0.4, 0.5) is 5.00 Å². The minimum Gasteiger partial charge on any atom is -0.467 e. The van der Waals surface area contributed by atoms with Gasteiger partial charge in [-0.15, -0.1) is 11.3 Å². The molecule has 1 atom stereocenters. The lowest BCUT2D eigenvalue weighted by molar-refractivity contribution is 0.0947. The number of amides is 1. The molecular weight excluding hydrogens is 394 g/mol. The third-order valence-corrected chi connectivity index (χ3v) is 6.88. The van der Waals surface area contributed by atoms with Crippen molar-refractivity contribution in [1.82, 2.24) is 10.3 Å². The lowest BCUT2D eigenvalue weighted by Gasteiger charge is -2.33. The molecule has 3 aromatic heterocycles. The Morgan fingerprint density at radius 3 is 2.93 bits per heavy atom. The van der Waals surface area contributed by atoms with Crippen LogP contribution < -0.4 is 5.32 Å². The third kappa shape index (κ3) is 4.54. The number of nitrogens with zero attached hydrogens (tertiary/aromatic N) is 2. The van der Waals surface area contributed by atoms with Crippen LogP contribution in [-0.4, -0.2) is 17.1 Å². The van der Waals surface area contributed by atoms with Crippen molar-refractivity contribution in [2.24, 2.45) is 16.3 Å². The van der Waals surface area contributed by atoms with Crippen molar-refractivity contribution in [2.45, 2.75) is 46.6 Å². The summed E-state index contributed by atoms with van der Waals surface area (Å²) in [5.74, 6) is 1.26. The first-order valence-corrected chi connectivity index (χ1v) is 11.1. The van der Waals surface area contributed by atoms with Crippen molar-refractivity contribution >= 4 is 28.5 Å². The Morgan fingerprint density at radius 2 is 2.23 bits per heavy atom. The van der Waals surface area contributed by atoms with Crippen LogP contribution in [0.2, 0.25) is 0 Å². The fraction of sp³-hybridized carbons (Fsp3) is 0.375. The van der Waals surface area contributed by atoms with E-state index in [2.05, 4.69) is 31.1 Å². The molecule has 3 aromatic rings. The highest BCUT2D eigenvalue weighted by Crippen LogP contribution is 2.45. The number of nitrogens with one attached hydrogen (secondary N) is 1. The van der Waals surface area contributed by atoms with Gasteiger partial charge >= 0.3 is 0 Å². The molecule has 0 saturated carbocycles. The van der Waals surface area contributed by atoms with Crippen LogP contribution in [0.15, 0.2) is 52.3 Å². The molecule has 1 aliphatic carbocycles. The molecule has 0 radical (unpaired) electrons. The average Bonchev–Trinajstić information content (AvgIpc) is 3.37. The zero-order chi connectivity index (χ0) is 21.1. The first-order chi connectivity index (χ1) is 14.4. The Kier molecular flexibility index (Phi) is 5.86. The third-order valence-electron chi connectivity index (χ3n) is 5.72. The Balaban J connectivity index is 1.64. The van der Waals surface area contributed by atoms with E-state index in [-0.39, 0.29) is 11.3 Å². The molecule has 1 aliphatic rings. The van der Waals surface area contributed by atoms with Crippen LogP contribution in [0.3, 0.4) is 0 Å². The number of fused-ring (bicyclic) bond motifs is 1. The number of carbonyl (C=O) groups excluding carboxylic acids is 1. The van der Waals surface area contributed by atoms with Gasteiger partial charge in [0, 0.05) is 29.0 Å². The van der Waals surface area contributed by atoms with E-state index in [0.717, 1.165) is 41.2 Å². The van der Waals surface area contributed by atoms with Crippen LogP contribution in [0.5, 0.6) is 0 Å². The minimum atomic E-state index is -0.0866. The van der Waals surface area contributed by atoms with Gasteiger partial charge in [-0.05, 0) is 54.4 Å². The summed E-state index contributed by atoms with van der Waals surface area (Å²) in [7, 11) is 0. The van der Waals surface area contributed by atoms with E-state index in [1.54, 1.807) is 36.2 Å². The van der Waals surface area contributed by atoms with E-state index >= 15 is 0 Å². The summed E-state index contributed by atoms with van der Waals surface area (Å²) >= 11 is 1.65. The summed E-state index contributed by atoms with van der Waals surface area (Å²) in [5, 5.41) is 3.78. The van der Waals surface area contributed by atoms with E-state index in [1.165, 1.54) is 4.88 Å². The molecule has 1 amide bonds. The van der Waals surface area contributed by atoms with E-state index in [0.29, 0.717) is 18.0 Å². The second-order valence-corrected chi connectivity index (χ2v) is 9.88. The molecule has 3 heterocycles. The highest BCUT2D eigenvalue weighted by Gasteiger charge is 2.33. The van der Waals surface area contributed by atoms with Gasteiger partial charge < -0.3 is 9.73 Å². The first-order valence-electron chi connectivity index (χ1n) is 10.3. The van der Waals surface area contributed by atoms with Gasteiger partial charge in [0.25, 0.3) is 5.91 Å².